The predicted molar refractivity (Wildman–Crippen MR) is 94.1 cm³/mol. The van der Waals surface area contributed by atoms with E-state index >= 15 is 0 Å². The fourth-order valence-electron chi connectivity index (χ4n) is 2.83. The van der Waals surface area contributed by atoms with Gasteiger partial charge in [-0.25, -0.2) is 0 Å². The van der Waals surface area contributed by atoms with Gasteiger partial charge in [0, 0.05) is 19.1 Å². The molecule has 1 aliphatic heterocycles. The summed E-state index contributed by atoms with van der Waals surface area (Å²) in [7, 11) is 4.23. The molecule has 1 aromatic carbocycles. The van der Waals surface area contributed by atoms with Crippen molar-refractivity contribution in [1.82, 2.24) is 9.80 Å². The van der Waals surface area contributed by atoms with Gasteiger partial charge in [0.15, 0.2) is 5.96 Å². The summed E-state index contributed by atoms with van der Waals surface area (Å²) >= 11 is 0. The van der Waals surface area contributed by atoms with E-state index in [0.717, 1.165) is 32.0 Å². The van der Waals surface area contributed by atoms with Crippen LogP contribution in [0.2, 0.25) is 0 Å². The average Bonchev–Trinajstić information content (AvgIpc) is 2.52. The summed E-state index contributed by atoms with van der Waals surface area (Å²) < 4.78 is 0. The van der Waals surface area contributed by atoms with E-state index in [1.807, 2.05) is 0 Å². The number of hydrogen-bond acceptors (Lipinski definition) is 2. The van der Waals surface area contributed by atoms with Crippen LogP contribution in [0.1, 0.15) is 25.3 Å². The summed E-state index contributed by atoms with van der Waals surface area (Å²) in [6, 6.07) is 11.0. The molecule has 1 unspecified atom stereocenters. The van der Waals surface area contributed by atoms with Gasteiger partial charge in [-0.1, -0.05) is 37.3 Å². The number of piperidine rings is 1. The second kappa shape index (κ2) is 8.18. The standard InChI is InChI=1S/C18H30N4/c1-15-9-11-22(12-10-15)18(19)20-14-17(21(2)3)13-16-7-5-4-6-8-16/h4-8,15,17H,9-14H2,1-3H3,(H2,19,20). The molecule has 122 valence electrons. The number of rotatable bonds is 5. The third-order valence-electron chi connectivity index (χ3n) is 4.62. The molecule has 4 heteroatoms. The molecule has 2 rings (SSSR count). The lowest BCUT2D eigenvalue weighted by Crippen LogP contribution is -2.43. The first kappa shape index (κ1) is 16.8. The van der Waals surface area contributed by atoms with Gasteiger partial charge < -0.3 is 15.5 Å². The molecule has 1 saturated heterocycles. The SMILES string of the molecule is CC1CCN(C(N)=NCC(Cc2ccccc2)N(C)C)CC1. The van der Waals surface area contributed by atoms with Gasteiger partial charge in [0.2, 0.25) is 0 Å². The van der Waals surface area contributed by atoms with Crippen LogP contribution in [0, 0.1) is 5.92 Å². The molecule has 0 saturated carbocycles. The Hall–Kier alpha value is -1.55. The van der Waals surface area contributed by atoms with Crippen LogP contribution in [0.4, 0.5) is 0 Å². The Morgan fingerprint density at radius 2 is 1.91 bits per heavy atom. The molecule has 0 radical (unpaired) electrons. The molecule has 0 aliphatic carbocycles. The minimum absolute atomic E-state index is 0.379. The molecule has 1 atom stereocenters. The lowest BCUT2D eigenvalue weighted by Gasteiger charge is -2.31. The van der Waals surface area contributed by atoms with Crippen LogP contribution in [-0.2, 0) is 6.42 Å². The first-order valence-corrected chi connectivity index (χ1v) is 8.31. The number of hydrogen-bond donors (Lipinski definition) is 1. The molecule has 0 aromatic heterocycles. The topological polar surface area (TPSA) is 44.9 Å². The van der Waals surface area contributed by atoms with Gasteiger partial charge in [0.05, 0.1) is 6.54 Å². The molecular formula is C18H30N4. The highest BCUT2D eigenvalue weighted by Crippen LogP contribution is 2.15. The maximum Gasteiger partial charge on any atom is 0.191 e. The van der Waals surface area contributed by atoms with Crippen LogP contribution >= 0.6 is 0 Å². The van der Waals surface area contributed by atoms with Crippen LogP contribution in [0.3, 0.4) is 0 Å². The maximum atomic E-state index is 6.19. The number of likely N-dealkylation sites (tertiary alicyclic amines) is 1. The quantitative estimate of drug-likeness (QED) is 0.670. The van der Waals surface area contributed by atoms with Crippen LogP contribution in [0.15, 0.2) is 35.3 Å². The lowest BCUT2D eigenvalue weighted by atomic mass is 10.00. The number of aliphatic imine (C=N–C) groups is 1. The number of guanidine groups is 1. The third kappa shape index (κ3) is 5.02. The summed E-state index contributed by atoms with van der Waals surface area (Å²) in [5, 5.41) is 0. The monoisotopic (exact) mass is 302 g/mol. The van der Waals surface area contributed by atoms with E-state index in [1.165, 1.54) is 18.4 Å². The van der Waals surface area contributed by atoms with E-state index in [0.29, 0.717) is 12.0 Å². The van der Waals surface area contributed by atoms with Gasteiger partial charge in [-0.05, 0) is 44.8 Å². The Labute approximate surface area is 135 Å². The normalized spacial score (nSPS) is 18.7. The number of nitrogens with zero attached hydrogens (tertiary/aromatic N) is 3. The Morgan fingerprint density at radius 1 is 1.27 bits per heavy atom. The fourth-order valence-corrected chi connectivity index (χ4v) is 2.83. The molecule has 0 bridgehead atoms. The van der Waals surface area contributed by atoms with Gasteiger partial charge >= 0.3 is 0 Å². The van der Waals surface area contributed by atoms with Crippen molar-refractivity contribution in [2.24, 2.45) is 16.6 Å². The highest BCUT2D eigenvalue weighted by atomic mass is 15.3. The highest BCUT2D eigenvalue weighted by molar-refractivity contribution is 5.78. The minimum Gasteiger partial charge on any atom is -0.370 e. The van der Waals surface area contributed by atoms with E-state index in [9.17, 15) is 0 Å². The smallest absolute Gasteiger partial charge is 0.191 e. The first-order valence-electron chi connectivity index (χ1n) is 8.31. The summed E-state index contributed by atoms with van der Waals surface area (Å²) in [5.74, 6) is 1.53. The lowest BCUT2D eigenvalue weighted by molar-refractivity contribution is 0.273. The molecular weight excluding hydrogens is 272 g/mol. The van der Waals surface area contributed by atoms with E-state index < -0.39 is 0 Å². The first-order chi connectivity index (χ1) is 10.6. The molecule has 1 heterocycles. The van der Waals surface area contributed by atoms with E-state index in [2.05, 4.69) is 66.1 Å². The van der Waals surface area contributed by atoms with Crippen molar-refractivity contribution in [2.75, 3.05) is 33.7 Å². The molecule has 4 nitrogen and oxygen atoms in total. The zero-order valence-corrected chi connectivity index (χ0v) is 14.2. The van der Waals surface area contributed by atoms with Crippen LogP contribution in [0.25, 0.3) is 0 Å². The Morgan fingerprint density at radius 3 is 2.50 bits per heavy atom. The van der Waals surface area contributed by atoms with E-state index in [-0.39, 0.29) is 0 Å². The molecule has 0 amide bonds. The van der Waals surface area contributed by atoms with Crippen molar-refractivity contribution >= 4 is 5.96 Å². The second-order valence-corrected chi connectivity index (χ2v) is 6.68. The van der Waals surface area contributed by atoms with Crippen molar-refractivity contribution in [3.05, 3.63) is 35.9 Å². The number of nitrogens with two attached hydrogens (primary N) is 1. The van der Waals surface area contributed by atoms with Gasteiger partial charge in [0.1, 0.15) is 0 Å². The largest absolute Gasteiger partial charge is 0.370 e. The van der Waals surface area contributed by atoms with Crippen molar-refractivity contribution in [1.29, 1.82) is 0 Å². The zero-order valence-electron chi connectivity index (χ0n) is 14.2. The van der Waals surface area contributed by atoms with Crippen molar-refractivity contribution < 1.29 is 0 Å². The fraction of sp³-hybridized carbons (Fsp3) is 0.611. The maximum absolute atomic E-state index is 6.19. The zero-order chi connectivity index (χ0) is 15.9. The van der Waals surface area contributed by atoms with Gasteiger partial charge in [0.25, 0.3) is 0 Å². The van der Waals surface area contributed by atoms with Crippen molar-refractivity contribution in [3.63, 3.8) is 0 Å². The van der Waals surface area contributed by atoms with Gasteiger partial charge in [-0.2, -0.15) is 0 Å². The third-order valence-corrected chi connectivity index (χ3v) is 4.62. The molecule has 22 heavy (non-hydrogen) atoms. The van der Waals surface area contributed by atoms with Crippen molar-refractivity contribution in [3.8, 4) is 0 Å². The van der Waals surface area contributed by atoms with Crippen LogP contribution < -0.4 is 5.73 Å². The number of likely N-dealkylation sites (N-methyl/N-ethyl adjacent to an activating group) is 1. The van der Waals surface area contributed by atoms with E-state index in [1.54, 1.807) is 0 Å². The highest BCUT2D eigenvalue weighted by Gasteiger charge is 2.18. The summed E-state index contributed by atoms with van der Waals surface area (Å²) in [5.41, 5.74) is 7.54. The summed E-state index contributed by atoms with van der Waals surface area (Å²) in [6.45, 7) is 5.15. The van der Waals surface area contributed by atoms with E-state index in [4.69, 9.17) is 5.73 Å². The Bertz CT molecular complexity index is 461. The molecule has 0 spiro atoms. The Balaban J connectivity index is 1.91. The molecule has 2 N–H and O–H groups in total. The van der Waals surface area contributed by atoms with Gasteiger partial charge in [-0.15, -0.1) is 0 Å². The predicted octanol–water partition coefficient (Wildman–Crippen LogP) is 2.21. The van der Waals surface area contributed by atoms with Crippen LogP contribution in [0.5, 0.6) is 0 Å². The number of benzene rings is 1. The second-order valence-electron chi connectivity index (χ2n) is 6.68. The summed E-state index contributed by atoms with van der Waals surface area (Å²) in [4.78, 5) is 9.14. The molecule has 1 aromatic rings. The van der Waals surface area contributed by atoms with Gasteiger partial charge in [-0.3, -0.25) is 4.99 Å². The molecule has 1 aliphatic rings. The van der Waals surface area contributed by atoms with Crippen LogP contribution in [-0.4, -0.2) is 55.5 Å². The Kier molecular flexibility index (Phi) is 6.25. The summed E-state index contributed by atoms with van der Waals surface area (Å²) in [6.07, 6.45) is 3.44. The molecule has 1 fully saturated rings. The average molecular weight is 302 g/mol. The van der Waals surface area contributed by atoms with Crippen molar-refractivity contribution in [2.45, 2.75) is 32.2 Å². The minimum atomic E-state index is 0.379.